The monoisotopic (exact) mass is 309 g/mol. The Morgan fingerprint density at radius 3 is 2.60 bits per heavy atom. The van der Waals surface area contributed by atoms with Gasteiger partial charge < -0.3 is 5.32 Å². The van der Waals surface area contributed by atoms with Crippen LogP contribution in [-0.2, 0) is 11.2 Å². The molecule has 110 valence electrons. The van der Waals surface area contributed by atoms with Crippen molar-refractivity contribution in [1.29, 1.82) is 0 Å². The maximum atomic E-state index is 13.3. The molecule has 1 heterocycles. The molecular formula is C13H12ClF4NO. The highest BCUT2D eigenvalue weighted by atomic mass is 35.5. The lowest BCUT2D eigenvalue weighted by molar-refractivity contribution is -0.214. The maximum Gasteiger partial charge on any atom is 0.402 e. The first-order valence-corrected chi connectivity index (χ1v) is 6.39. The molecule has 1 aromatic carbocycles. The number of ketones is 1. The van der Waals surface area contributed by atoms with Gasteiger partial charge in [0.15, 0.2) is 5.78 Å². The SMILES string of the molecule is O=C(Cc1ccc(Cl)c(F)c1)C1(C(F)(F)F)CCNC1. The average molecular weight is 310 g/mol. The summed E-state index contributed by atoms with van der Waals surface area (Å²) >= 11 is 5.49. The number of alkyl halides is 3. The van der Waals surface area contributed by atoms with Crippen LogP contribution in [-0.4, -0.2) is 25.0 Å². The molecule has 0 saturated carbocycles. The van der Waals surface area contributed by atoms with E-state index in [0.29, 0.717) is 0 Å². The van der Waals surface area contributed by atoms with Crippen LogP contribution in [0.25, 0.3) is 0 Å². The van der Waals surface area contributed by atoms with E-state index >= 15 is 0 Å². The van der Waals surface area contributed by atoms with Crippen LogP contribution in [0.4, 0.5) is 17.6 Å². The predicted octanol–water partition coefficient (Wildman–Crippen LogP) is 3.13. The van der Waals surface area contributed by atoms with E-state index < -0.39 is 36.2 Å². The molecule has 1 aliphatic rings. The summed E-state index contributed by atoms with van der Waals surface area (Å²) in [6, 6.07) is 3.58. The number of halogens is 5. The smallest absolute Gasteiger partial charge is 0.315 e. The van der Waals surface area contributed by atoms with Gasteiger partial charge in [0.2, 0.25) is 0 Å². The molecule has 1 aromatic rings. The second-order valence-corrected chi connectivity index (χ2v) is 5.26. The second-order valence-electron chi connectivity index (χ2n) is 4.86. The third-order valence-corrected chi connectivity index (χ3v) is 3.89. The van der Waals surface area contributed by atoms with Gasteiger partial charge in [-0.1, -0.05) is 17.7 Å². The van der Waals surface area contributed by atoms with E-state index in [4.69, 9.17) is 11.6 Å². The Hall–Kier alpha value is -1.14. The lowest BCUT2D eigenvalue weighted by Gasteiger charge is -2.29. The van der Waals surface area contributed by atoms with Crippen molar-refractivity contribution in [2.45, 2.75) is 19.0 Å². The minimum absolute atomic E-state index is 0.130. The Labute approximate surface area is 118 Å². The standard InChI is InChI=1S/C13H12ClF4NO/c14-9-2-1-8(5-10(9)15)6-11(20)12(13(16,17)18)3-4-19-7-12/h1-2,5,19H,3-4,6-7H2. The van der Waals surface area contributed by atoms with E-state index in [1.807, 2.05) is 0 Å². The summed E-state index contributed by atoms with van der Waals surface area (Å²) in [5.74, 6) is -1.70. The first-order chi connectivity index (χ1) is 9.26. The molecule has 1 aliphatic heterocycles. The van der Waals surface area contributed by atoms with Gasteiger partial charge in [0.25, 0.3) is 0 Å². The lowest BCUT2D eigenvalue weighted by atomic mass is 9.79. The van der Waals surface area contributed by atoms with Gasteiger partial charge in [-0.2, -0.15) is 13.2 Å². The van der Waals surface area contributed by atoms with E-state index in [1.165, 1.54) is 12.1 Å². The molecule has 2 rings (SSSR count). The molecule has 0 spiro atoms. The van der Waals surface area contributed by atoms with Gasteiger partial charge in [0.1, 0.15) is 11.2 Å². The number of benzene rings is 1. The van der Waals surface area contributed by atoms with Crippen molar-refractivity contribution in [3.63, 3.8) is 0 Å². The highest BCUT2D eigenvalue weighted by Crippen LogP contribution is 2.44. The van der Waals surface area contributed by atoms with E-state index in [1.54, 1.807) is 0 Å². The van der Waals surface area contributed by atoms with Crippen molar-refractivity contribution in [2.75, 3.05) is 13.1 Å². The Balaban J connectivity index is 2.23. The topological polar surface area (TPSA) is 29.1 Å². The normalized spacial score (nSPS) is 23.1. The molecule has 0 bridgehead atoms. The van der Waals surface area contributed by atoms with Crippen molar-refractivity contribution in [1.82, 2.24) is 5.32 Å². The third kappa shape index (κ3) is 2.67. The van der Waals surface area contributed by atoms with Crippen LogP contribution < -0.4 is 5.32 Å². The van der Waals surface area contributed by atoms with E-state index in [2.05, 4.69) is 5.32 Å². The van der Waals surface area contributed by atoms with Gasteiger partial charge in [0, 0.05) is 13.0 Å². The Morgan fingerprint density at radius 2 is 2.10 bits per heavy atom. The van der Waals surface area contributed by atoms with Crippen LogP contribution in [0.15, 0.2) is 18.2 Å². The van der Waals surface area contributed by atoms with Gasteiger partial charge in [0.05, 0.1) is 5.02 Å². The van der Waals surface area contributed by atoms with Crippen molar-refractivity contribution >= 4 is 17.4 Å². The number of hydrogen-bond donors (Lipinski definition) is 1. The quantitative estimate of drug-likeness (QED) is 0.869. The molecule has 1 saturated heterocycles. The zero-order chi connectivity index (χ0) is 15.0. The van der Waals surface area contributed by atoms with E-state index in [9.17, 15) is 22.4 Å². The molecule has 1 unspecified atom stereocenters. The maximum absolute atomic E-state index is 13.3. The summed E-state index contributed by atoms with van der Waals surface area (Å²) in [4.78, 5) is 12.1. The highest BCUT2D eigenvalue weighted by Gasteiger charge is 2.60. The molecule has 1 fully saturated rings. The summed E-state index contributed by atoms with van der Waals surface area (Å²) < 4.78 is 52.7. The van der Waals surface area contributed by atoms with Crippen LogP contribution in [0.5, 0.6) is 0 Å². The van der Waals surface area contributed by atoms with E-state index in [0.717, 1.165) is 6.07 Å². The molecule has 0 amide bonds. The molecule has 7 heteroatoms. The second kappa shape index (κ2) is 5.33. The summed E-state index contributed by atoms with van der Waals surface area (Å²) in [7, 11) is 0. The molecule has 1 N–H and O–H groups in total. The Bertz CT molecular complexity index is 524. The fourth-order valence-corrected chi connectivity index (χ4v) is 2.45. The Morgan fingerprint density at radius 1 is 1.40 bits per heavy atom. The van der Waals surface area contributed by atoms with Crippen molar-refractivity contribution < 1.29 is 22.4 Å². The van der Waals surface area contributed by atoms with Gasteiger partial charge in [-0.15, -0.1) is 0 Å². The molecule has 0 aliphatic carbocycles. The van der Waals surface area contributed by atoms with Gasteiger partial charge >= 0.3 is 6.18 Å². The summed E-state index contributed by atoms with van der Waals surface area (Å²) in [5, 5.41) is 2.44. The number of carbonyl (C=O) groups is 1. The number of carbonyl (C=O) groups excluding carboxylic acids is 1. The fraction of sp³-hybridized carbons (Fsp3) is 0.462. The number of hydrogen-bond acceptors (Lipinski definition) is 2. The number of rotatable bonds is 3. The van der Waals surface area contributed by atoms with Crippen molar-refractivity contribution in [3.8, 4) is 0 Å². The summed E-state index contributed by atoms with van der Waals surface area (Å²) in [6.45, 7) is -0.286. The minimum Gasteiger partial charge on any atom is -0.315 e. The average Bonchev–Trinajstić information content (AvgIpc) is 2.84. The summed E-state index contributed by atoms with van der Waals surface area (Å²) in [6.07, 6.45) is -5.36. The minimum atomic E-state index is -4.61. The molecule has 0 radical (unpaired) electrons. The van der Waals surface area contributed by atoms with Crippen LogP contribution in [0.2, 0.25) is 5.02 Å². The van der Waals surface area contributed by atoms with Crippen molar-refractivity contribution in [3.05, 3.63) is 34.6 Å². The Kier molecular flexibility index (Phi) is 4.07. The molecule has 20 heavy (non-hydrogen) atoms. The fourth-order valence-electron chi connectivity index (χ4n) is 2.33. The highest BCUT2D eigenvalue weighted by molar-refractivity contribution is 6.30. The van der Waals surface area contributed by atoms with Crippen LogP contribution in [0, 0.1) is 11.2 Å². The molecule has 2 nitrogen and oxygen atoms in total. The molecular weight excluding hydrogens is 298 g/mol. The third-order valence-electron chi connectivity index (χ3n) is 3.58. The zero-order valence-electron chi connectivity index (χ0n) is 10.4. The van der Waals surface area contributed by atoms with Crippen molar-refractivity contribution in [2.24, 2.45) is 5.41 Å². The lowest BCUT2D eigenvalue weighted by Crippen LogP contribution is -2.47. The number of Topliss-reactive ketones (excluding diaryl/α,β-unsaturated/α-hetero) is 1. The van der Waals surface area contributed by atoms with Crippen LogP contribution in [0.1, 0.15) is 12.0 Å². The summed E-state index contributed by atoms with van der Waals surface area (Å²) in [5.41, 5.74) is -2.18. The van der Waals surface area contributed by atoms with Crippen LogP contribution >= 0.6 is 11.6 Å². The molecule has 0 aromatic heterocycles. The first kappa shape index (κ1) is 15.3. The number of nitrogens with one attached hydrogen (secondary N) is 1. The largest absolute Gasteiger partial charge is 0.402 e. The first-order valence-electron chi connectivity index (χ1n) is 6.01. The van der Waals surface area contributed by atoms with E-state index in [-0.39, 0.29) is 23.6 Å². The molecule has 1 atom stereocenters. The van der Waals surface area contributed by atoms with Gasteiger partial charge in [-0.25, -0.2) is 4.39 Å². The van der Waals surface area contributed by atoms with Gasteiger partial charge in [-0.3, -0.25) is 4.79 Å². The van der Waals surface area contributed by atoms with Gasteiger partial charge in [-0.05, 0) is 30.7 Å². The predicted molar refractivity (Wildman–Crippen MR) is 66.1 cm³/mol. The zero-order valence-corrected chi connectivity index (χ0v) is 11.1. The van der Waals surface area contributed by atoms with Crippen LogP contribution in [0.3, 0.4) is 0 Å².